The quantitative estimate of drug-likeness (QED) is 0.588. The molecule has 1 fully saturated rings. The van der Waals surface area contributed by atoms with Gasteiger partial charge in [0, 0.05) is 7.05 Å². The van der Waals surface area contributed by atoms with Crippen LogP contribution in [0, 0.1) is 0 Å². The van der Waals surface area contributed by atoms with Crippen molar-refractivity contribution >= 4 is 0 Å². The van der Waals surface area contributed by atoms with E-state index in [4.69, 9.17) is 5.84 Å². The zero-order chi connectivity index (χ0) is 11.6. The Morgan fingerprint density at radius 3 is 2.62 bits per heavy atom. The van der Waals surface area contributed by atoms with Crippen LogP contribution in [0.4, 0.5) is 0 Å². The molecule has 0 radical (unpaired) electrons. The number of rotatable bonds is 2. The molecule has 1 aliphatic rings. The molecule has 3 heteroatoms. The van der Waals surface area contributed by atoms with Crippen LogP contribution in [-0.4, -0.2) is 23.2 Å². The molecule has 1 aromatic rings. The molecule has 1 saturated carbocycles. The molecule has 0 unspecified atom stereocenters. The van der Waals surface area contributed by atoms with Gasteiger partial charge in [0.1, 0.15) is 5.60 Å². The normalized spacial score (nSPS) is 30.6. The second kappa shape index (κ2) is 4.53. The predicted molar refractivity (Wildman–Crippen MR) is 64.5 cm³/mol. The van der Waals surface area contributed by atoms with Gasteiger partial charge in [0.2, 0.25) is 0 Å². The van der Waals surface area contributed by atoms with Gasteiger partial charge in [0.15, 0.2) is 0 Å². The van der Waals surface area contributed by atoms with E-state index in [0.29, 0.717) is 0 Å². The van der Waals surface area contributed by atoms with E-state index < -0.39 is 5.60 Å². The van der Waals surface area contributed by atoms with E-state index >= 15 is 0 Å². The first-order valence-electron chi connectivity index (χ1n) is 5.90. The van der Waals surface area contributed by atoms with Gasteiger partial charge in [-0.25, -0.2) is 5.01 Å². The molecule has 0 bridgehead atoms. The van der Waals surface area contributed by atoms with Gasteiger partial charge in [-0.05, 0) is 18.4 Å². The Balaban J connectivity index is 2.33. The fraction of sp³-hybridized carbons (Fsp3) is 0.538. The van der Waals surface area contributed by atoms with Crippen molar-refractivity contribution in [2.45, 2.75) is 37.3 Å². The molecular formula is C13H20N2O. The van der Waals surface area contributed by atoms with Crippen molar-refractivity contribution in [2.75, 3.05) is 7.05 Å². The maximum absolute atomic E-state index is 10.9. The van der Waals surface area contributed by atoms with Crippen LogP contribution in [0.2, 0.25) is 0 Å². The van der Waals surface area contributed by atoms with E-state index in [1.165, 1.54) is 0 Å². The number of benzene rings is 1. The first kappa shape index (κ1) is 11.6. The topological polar surface area (TPSA) is 49.5 Å². The molecule has 0 amide bonds. The molecule has 16 heavy (non-hydrogen) atoms. The Morgan fingerprint density at radius 2 is 2.00 bits per heavy atom. The van der Waals surface area contributed by atoms with Crippen molar-refractivity contribution in [1.82, 2.24) is 5.01 Å². The summed E-state index contributed by atoms with van der Waals surface area (Å²) in [6, 6.07) is 9.90. The third-order valence-corrected chi connectivity index (χ3v) is 3.60. The third kappa shape index (κ3) is 1.98. The first-order chi connectivity index (χ1) is 7.64. The molecule has 0 spiro atoms. The lowest BCUT2D eigenvalue weighted by molar-refractivity contribution is -0.0732. The van der Waals surface area contributed by atoms with Crippen LogP contribution in [0.3, 0.4) is 0 Å². The maximum Gasteiger partial charge on any atom is 0.106 e. The summed E-state index contributed by atoms with van der Waals surface area (Å²) in [5, 5.41) is 12.5. The van der Waals surface area contributed by atoms with Crippen molar-refractivity contribution in [3.05, 3.63) is 35.9 Å². The molecule has 2 atom stereocenters. The highest BCUT2D eigenvalue weighted by atomic mass is 16.3. The largest absolute Gasteiger partial charge is 0.383 e. The second-order valence-corrected chi connectivity index (χ2v) is 4.72. The van der Waals surface area contributed by atoms with Gasteiger partial charge in [-0.15, -0.1) is 0 Å². The van der Waals surface area contributed by atoms with E-state index in [0.717, 1.165) is 31.2 Å². The van der Waals surface area contributed by atoms with Crippen LogP contribution in [0.25, 0.3) is 0 Å². The third-order valence-electron chi connectivity index (χ3n) is 3.60. The van der Waals surface area contributed by atoms with Gasteiger partial charge in [0.25, 0.3) is 0 Å². The summed E-state index contributed by atoms with van der Waals surface area (Å²) in [4.78, 5) is 0. The molecule has 0 aromatic heterocycles. The van der Waals surface area contributed by atoms with E-state index in [1.54, 1.807) is 5.01 Å². The van der Waals surface area contributed by atoms with Crippen LogP contribution in [-0.2, 0) is 5.60 Å². The van der Waals surface area contributed by atoms with Crippen molar-refractivity contribution in [1.29, 1.82) is 0 Å². The fourth-order valence-electron chi connectivity index (χ4n) is 2.74. The predicted octanol–water partition coefficient (Wildman–Crippen LogP) is 1.62. The fourth-order valence-corrected chi connectivity index (χ4v) is 2.74. The van der Waals surface area contributed by atoms with Crippen LogP contribution >= 0.6 is 0 Å². The summed E-state index contributed by atoms with van der Waals surface area (Å²) in [6.07, 6.45) is 3.96. The van der Waals surface area contributed by atoms with Crippen LogP contribution in [0.15, 0.2) is 30.3 Å². The minimum absolute atomic E-state index is 0.0173. The lowest BCUT2D eigenvalue weighted by Gasteiger charge is -2.43. The zero-order valence-electron chi connectivity index (χ0n) is 9.76. The lowest BCUT2D eigenvalue weighted by atomic mass is 9.75. The van der Waals surface area contributed by atoms with Gasteiger partial charge in [0.05, 0.1) is 6.04 Å². The number of nitrogens with two attached hydrogens (primary N) is 1. The standard InChI is InChI=1S/C13H20N2O/c1-15(14)12-9-5-6-10-13(12,16)11-7-3-2-4-8-11/h2-4,7-8,12,16H,5-6,9-10,14H2,1H3/t12-,13+/m1/s1. The molecule has 1 aliphatic carbocycles. The maximum atomic E-state index is 10.9. The number of hydrazine groups is 1. The molecule has 0 saturated heterocycles. The summed E-state index contributed by atoms with van der Waals surface area (Å²) in [5.74, 6) is 5.85. The molecule has 0 heterocycles. The van der Waals surface area contributed by atoms with E-state index in [1.807, 2.05) is 37.4 Å². The highest BCUT2D eigenvalue weighted by Gasteiger charge is 2.41. The highest BCUT2D eigenvalue weighted by molar-refractivity contribution is 5.25. The van der Waals surface area contributed by atoms with E-state index in [-0.39, 0.29) is 6.04 Å². The molecule has 1 aromatic carbocycles. The number of aliphatic hydroxyl groups is 1. The van der Waals surface area contributed by atoms with Gasteiger partial charge in [-0.2, -0.15) is 0 Å². The number of likely N-dealkylation sites (N-methyl/N-ethyl adjacent to an activating group) is 1. The number of nitrogens with zero attached hydrogens (tertiary/aromatic N) is 1. The zero-order valence-corrected chi connectivity index (χ0v) is 9.76. The SMILES string of the molecule is CN(N)[C@@H]1CCCC[C@]1(O)c1ccccc1. The molecule has 2 rings (SSSR count). The van der Waals surface area contributed by atoms with Crippen LogP contribution < -0.4 is 5.84 Å². The van der Waals surface area contributed by atoms with Crippen molar-refractivity contribution in [3.63, 3.8) is 0 Å². The smallest absolute Gasteiger partial charge is 0.106 e. The van der Waals surface area contributed by atoms with Crippen LogP contribution in [0.5, 0.6) is 0 Å². The summed E-state index contributed by atoms with van der Waals surface area (Å²) >= 11 is 0. The number of hydrogen-bond donors (Lipinski definition) is 2. The summed E-state index contributed by atoms with van der Waals surface area (Å²) in [6.45, 7) is 0. The first-order valence-corrected chi connectivity index (χ1v) is 5.90. The Labute approximate surface area is 96.8 Å². The minimum atomic E-state index is -0.789. The average Bonchev–Trinajstić information content (AvgIpc) is 2.30. The van der Waals surface area contributed by atoms with Crippen LogP contribution in [0.1, 0.15) is 31.2 Å². The van der Waals surface area contributed by atoms with Crippen molar-refractivity contribution in [2.24, 2.45) is 5.84 Å². The Bertz CT molecular complexity index is 339. The van der Waals surface area contributed by atoms with E-state index in [9.17, 15) is 5.11 Å². The molecule has 0 aliphatic heterocycles. The Hall–Kier alpha value is -0.900. The number of hydrogen-bond acceptors (Lipinski definition) is 3. The summed E-state index contributed by atoms with van der Waals surface area (Å²) in [7, 11) is 1.84. The lowest BCUT2D eigenvalue weighted by Crippen LogP contribution is -2.53. The Kier molecular flexibility index (Phi) is 3.28. The Morgan fingerprint density at radius 1 is 1.31 bits per heavy atom. The van der Waals surface area contributed by atoms with Gasteiger partial charge in [-0.3, -0.25) is 5.84 Å². The van der Waals surface area contributed by atoms with E-state index in [2.05, 4.69) is 0 Å². The van der Waals surface area contributed by atoms with Gasteiger partial charge >= 0.3 is 0 Å². The molecule has 3 nitrogen and oxygen atoms in total. The minimum Gasteiger partial charge on any atom is -0.383 e. The van der Waals surface area contributed by atoms with Crippen molar-refractivity contribution in [3.8, 4) is 0 Å². The van der Waals surface area contributed by atoms with Gasteiger partial charge in [-0.1, -0.05) is 43.2 Å². The molecule has 88 valence electrons. The molecular weight excluding hydrogens is 200 g/mol. The second-order valence-electron chi connectivity index (χ2n) is 4.72. The van der Waals surface area contributed by atoms with Gasteiger partial charge < -0.3 is 5.11 Å². The molecule has 3 N–H and O–H groups in total. The summed E-state index contributed by atoms with van der Waals surface area (Å²) < 4.78 is 0. The van der Waals surface area contributed by atoms with Crippen molar-refractivity contribution < 1.29 is 5.11 Å². The summed E-state index contributed by atoms with van der Waals surface area (Å²) in [5.41, 5.74) is 0.195. The average molecular weight is 220 g/mol. The highest BCUT2D eigenvalue weighted by Crippen LogP contribution is 2.38. The monoisotopic (exact) mass is 220 g/mol.